The number of benzene rings is 1. The Kier molecular flexibility index (Phi) is 4.45. The van der Waals surface area contributed by atoms with Crippen molar-refractivity contribution < 1.29 is 19.6 Å². The summed E-state index contributed by atoms with van der Waals surface area (Å²) in [4.78, 5) is 11.2. The molecule has 1 amide bonds. The number of hydrogen-bond donors (Lipinski definition) is 3. The van der Waals surface area contributed by atoms with E-state index in [0.29, 0.717) is 11.1 Å². The van der Waals surface area contributed by atoms with Crippen LogP contribution in [0.4, 0.5) is 0 Å². The van der Waals surface area contributed by atoms with Crippen LogP contribution in [0.3, 0.4) is 0 Å². The molecule has 0 saturated heterocycles. The van der Waals surface area contributed by atoms with Gasteiger partial charge in [0, 0.05) is 6.07 Å². The Morgan fingerprint density at radius 2 is 1.90 bits per heavy atom. The molecule has 0 spiro atoms. The fourth-order valence-electron chi connectivity index (χ4n) is 2.07. The molecule has 0 bridgehead atoms. The van der Waals surface area contributed by atoms with Crippen molar-refractivity contribution >= 4 is 5.91 Å². The Bertz CT molecular complexity index is 587. The summed E-state index contributed by atoms with van der Waals surface area (Å²) in [5.74, 6) is -0.551. The number of aliphatic hydroxyl groups is 2. The van der Waals surface area contributed by atoms with Gasteiger partial charge < -0.3 is 15.9 Å². The molecule has 0 saturated carbocycles. The number of aromatic nitrogens is 1. The number of nitrogens with zero attached hydrogens (tertiary/aromatic N) is 1. The van der Waals surface area contributed by atoms with Crippen LogP contribution in [0.25, 0.3) is 0 Å². The van der Waals surface area contributed by atoms with Gasteiger partial charge in [0.2, 0.25) is 6.04 Å². The number of amides is 1. The Morgan fingerprint density at radius 3 is 2.50 bits per heavy atom. The maximum absolute atomic E-state index is 11.2. The van der Waals surface area contributed by atoms with Gasteiger partial charge in [-0.25, -0.2) is 0 Å². The van der Waals surface area contributed by atoms with E-state index in [1.165, 1.54) is 6.20 Å². The van der Waals surface area contributed by atoms with E-state index >= 15 is 0 Å². The molecule has 1 aromatic carbocycles. The topological polar surface area (TPSA) is 87.4 Å². The first-order valence-corrected chi connectivity index (χ1v) is 6.28. The number of carbonyl (C=O) groups excluding carboxylic acids is 1. The summed E-state index contributed by atoms with van der Waals surface area (Å²) < 4.78 is 1.60. The molecular weight excluding hydrogens is 256 g/mol. The SMILES string of the molecule is NC(=O)c1ccc[n+](C(CO)C(O)c2ccccc2)c1. The number of primary amides is 1. The van der Waals surface area contributed by atoms with Crippen molar-refractivity contribution in [3.05, 3.63) is 66.0 Å². The standard InChI is InChI=1S/C15H16N2O3/c16-15(20)12-7-4-8-17(9-12)13(10-18)14(19)11-5-2-1-3-6-11/h1-9,13-14,18-19H,10H2,(H-,16,20)/p+1. The summed E-state index contributed by atoms with van der Waals surface area (Å²) in [6.45, 7) is -0.261. The number of pyridine rings is 1. The molecule has 104 valence electrons. The van der Waals surface area contributed by atoms with Gasteiger partial charge in [0.1, 0.15) is 18.3 Å². The Labute approximate surface area is 116 Å². The van der Waals surface area contributed by atoms with E-state index in [1.807, 2.05) is 18.2 Å². The van der Waals surface area contributed by atoms with Gasteiger partial charge in [0.05, 0.1) is 0 Å². The lowest BCUT2D eigenvalue weighted by molar-refractivity contribution is -0.733. The van der Waals surface area contributed by atoms with Crippen molar-refractivity contribution in [1.29, 1.82) is 0 Å². The third-order valence-corrected chi connectivity index (χ3v) is 3.18. The highest BCUT2D eigenvalue weighted by molar-refractivity contribution is 5.92. The summed E-state index contributed by atoms with van der Waals surface area (Å²) in [5, 5.41) is 19.9. The largest absolute Gasteiger partial charge is 0.389 e. The van der Waals surface area contributed by atoms with Crippen LogP contribution in [-0.4, -0.2) is 22.7 Å². The first kappa shape index (κ1) is 14.2. The van der Waals surface area contributed by atoms with Crippen molar-refractivity contribution in [2.45, 2.75) is 12.1 Å². The zero-order chi connectivity index (χ0) is 14.5. The third kappa shape index (κ3) is 3.01. The van der Waals surface area contributed by atoms with E-state index in [1.54, 1.807) is 35.0 Å². The molecule has 2 rings (SSSR count). The number of nitrogens with two attached hydrogens (primary N) is 1. The van der Waals surface area contributed by atoms with E-state index in [0.717, 1.165) is 0 Å². The van der Waals surface area contributed by atoms with Crippen molar-refractivity contribution in [3.8, 4) is 0 Å². The molecule has 20 heavy (non-hydrogen) atoms. The van der Waals surface area contributed by atoms with Crippen LogP contribution in [0.2, 0.25) is 0 Å². The van der Waals surface area contributed by atoms with Gasteiger partial charge in [-0.05, 0) is 11.6 Å². The summed E-state index contributed by atoms with van der Waals surface area (Å²) in [7, 11) is 0. The second-order valence-electron chi connectivity index (χ2n) is 4.51. The minimum Gasteiger partial charge on any atom is -0.389 e. The summed E-state index contributed by atoms with van der Waals surface area (Å²) in [5.41, 5.74) is 6.26. The lowest BCUT2D eigenvalue weighted by Gasteiger charge is -2.17. The fourth-order valence-corrected chi connectivity index (χ4v) is 2.07. The van der Waals surface area contributed by atoms with Crippen molar-refractivity contribution in [3.63, 3.8) is 0 Å². The van der Waals surface area contributed by atoms with Crippen LogP contribution in [-0.2, 0) is 0 Å². The molecule has 4 N–H and O–H groups in total. The average Bonchev–Trinajstić information content (AvgIpc) is 2.49. The van der Waals surface area contributed by atoms with E-state index < -0.39 is 18.1 Å². The van der Waals surface area contributed by atoms with Crippen molar-refractivity contribution in [2.24, 2.45) is 5.73 Å². The smallest absolute Gasteiger partial charge is 0.254 e. The molecule has 5 heteroatoms. The van der Waals surface area contributed by atoms with E-state index in [4.69, 9.17) is 5.73 Å². The quantitative estimate of drug-likeness (QED) is 0.686. The molecule has 2 unspecified atom stereocenters. The Balaban J connectivity index is 2.32. The van der Waals surface area contributed by atoms with E-state index in [9.17, 15) is 15.0 Å². The minimum atomic E-state index is -0.880. The highest BCUT2D eigenvalue weighted by Crippen LogP contribution is 2.21. The van der Waals surface area contributed by atoms with Gasteiger partial charge in [0.15, 0.2) is 12.4 Å². The second kappa shape index (κ2) is 6.27. The molecule has 0 aliphatic carbocycles. The second-order valence-corrected chi connectivity index (χ2v) is 4.51. The maximum atomic E-state index is 11.2. The lowest BCUT2D eigenvalue weighted by Crippen LogP contribution is -2.45. The zero-order valence-electron chi connectivity index (χ0n) is 10.9. The molecule has 0 radical (unpaired) electrons. The molecule has 0 aliphatic heterocycles. The van der Waals surface area contributed by atoms with Crippen LogP contribution >= 0.6 is 0 Å². The third-order valence-electron chi connectivity index (χ3n) is 3.18. The van der Waals surface area contributed by atoms with Crippen LogP contribution in [0.15, 0.2) is 54.9 Å². The molecule has 5 nitrogen and oxygen atoms in total. The average molecular weight is 273 g/mol. The van der Waals surface area contributed by atoms with Gasteiger partial charge in [-0.3, -0.25) is 4.79 Å². The maximum Gasteiger partial charge on any atom is 0.254 e. The van der Waals surface area contributed by atoms with Crippen molar-refractivity contribution in [2.75, 3.05) is 6.61 Å². The van der Waals surface area contributed by atoms with Gasteiger partial charge in [-0.2, -0.15) is 4.57 Å². The number of rotatable bonds is 5. The number of hydrogen-bond acceptors (Lipinski definition) is 3. The first-order valence-electron chi connectivity index (χ1n) is 6.28. The summed E-state index contributed by atoms with van der Waals surface area (Å²) in [6, 6.07) is 11.7. The molecular formula is C15H17N2O3+. The van der Waals surface area contributed by atoms with Crippen LogP contribution in [0.5, 0.6) is 0 Å². The normalized spacial score (nSPS) is 13.7. The predicted molar refractivity (Wildman–Crippen MR) is 72.7 cm³/mol. The van der Waals surface area contributed by atoms with E-state index in [2.05, 4.69) is 0 Å². The molecule has 0 aliphatic rings. The van der Waals surface area contributed by atoms with Gasteiger partial charge >= 0.3 is 0 Å². The zero-order valence-corrected chi connectivity index (χ0v) is 10.9. The highest BCUT2D eigenvalue weighted by Gasteiger charge is 2.28. The molecule has 1 aromatic heterocycles. The van der Waals surface area contributed by atoms with Gasteiger partial charge in [-0.1, -0.05) is 30.3 Å². The molecule has 1 heterocycles. The van der Waals surface area contributed by atoms with Crippen molar-refractivity contribution in [1.82, 2.24) is 0 Å². The summed E-state index contributed by atoms with van der Waals surface area (Å²) >= 11 is 0. The number of aliphatic hydroxyl groups excluding tert-OH is 2. The molecule has 2 aromatic rings. The monoisotopic (exact) mass is 273 g/mol. The summed E-state index contributed by atoms with van der Waals surface area (Å²) in [6.07, 6.45) is 2.32. The Hall–Kier alpha value is -2.24. The van der Waals surface area contributed by atoms with Crippen LogP contribution in [0.1, 0.15) is 28.1 Å². The Morgan fingerprint density at radius 1 is 1.20 bits per heavy atom. The van der Waals surface area contributed by atoms with E-state index in [-0.39, 0.29) is 6.61 Å². The van der Waals surface area contributed by atoms with Crippen LogP contribution in [0, 0.1) is 0 Å². The fraction of sp³-hybridized carbons (Fsp3) is 0.200. The first-order chi connectivity index (χ1) is 9.63. The van der Waals surface area contributed by atoms with Crippen LogP contribution < -0.4 is 10.3 Å². The number of carbonyl (C=O) groups is 1. The minimum absolute atomic E-state index is 0.261. The predicted octanol–water partition coefficient (Wildman–Crippen LogP) is 0.340. The van der Waals surface area contributed by atoms with Gasteiger partial charge in [0.25, 0.3) is 5.91 Å². The molecule has 0 fully saturated rings. The molecule has 2 atom stereocenters. The lowest BCUT2D eigenvalue weighted by atomic mass is 10.0. The van der Waals surface area contributed by atoms with Gasteiger partial charge in [-0.15, -0.1) is 0 Å². The highest BCUT2D eigenvalue weighted by atomic mass is 16.3.